The van der Waals surface area contributed by atoms with Gasteiger partial charge in [-0.15, -0.1) is 0 Å². The van der Waals surface area contributed by atoms with Crippen molar-refractivity contribution in [2.24, 2.45) is 0 Å². The first kappa shape index (κ1) is 36.6. The minimum Gasteiger partial charge on any atom is -0.506 e. The first-order valence-electron chi connectivity index (χ1n) is 15.7. The van der Waals surface area contributed by atoms with Crippen molar-refractivity contribution in [2.75, 3.05) is 26.4 Å². The lowest BCUT2D eigenvalue weighted by atomic mass is 10.2. The van der Waals surface area contributed by atoms with Crippen molar-refractivity contribution in [1.29, 1.82) is 0 Å². The highest BCUT2D eigenvalue weighted by Crippen LogP contribution is 2.53. The molecule has 4 aromatic carbocycles. The van der Waals surface area contributed by atoms with Crippen molar-refractivity contribution in [3.8, 4) is 23.0 Å². The summed E-state index contributed by atoms with van der Waals surface area (Å²) in [4.78, 5) is 4.15. The average Bonchev–Trinajstić information content (AvgIpc) is 3.07. The number of rotatable bonds is 12. The maximum absolute atomic E-state index is 11.7. The Bertz CT molecular complexity index is 1400. The second kappa shape index (κ2) is 17.3. The third-order valence-corrected chi connectivity index (χ3v) is 11.4. The zero-order valence-electron chi connectivity index (χ0n) is 27.3. The highest BCUT2D eigenvalue weighted by atomic mass is 32.2. The standard InChI is InChI=1S/C36H40O8S4/c1-5-41-17-21-9-25-33(37)26(10-21)46-28-12-23(19-43-7-3)14-30(35(28)39)48-32-16-24(20-44-8-4)15-31(36(32)40)47-29-13-22(18-42-6-2)11-27(45-25)34(29)38/h9-16,37-40H,5-8,17-20H2,1-4H3. The second-order valence-corrected chi connectivity index (χ2v) is 15.1. The van der Waals surface area contributed by atoms with Crippen LogP contribution in [0.25, 0.3) is 0 Å². The summed E-state index contributed by atoms with van der Waals surface area (Å²) in [5.74, 6) is 0.0867. The fourth-order valence-corrected chi connectivity index (χ4v) is 9.40. The molecule has 48 heavy (non-hydrogen) atoms. The summed E-state index contributed by atoms with van der Waals surface area (Å²) in [5, 5.41) is 46.7. The fraction of sp³-hybridized carbons (Fsp3) is 0.333. The third-order valence-electron chi connectivity index (χ3n) is 7.17. The number of ether oxygens (including phenoxy) is 4. The first-order valence-corrected chi connectivity index (χ1v) is 19.0. The highest BCUT2D eigenvalue weighted by Gasteiger charge is 2.23. The molecule has 0 saturated carbocycles. The van der Waals surface area contributed by atoms with Crippen LogP contribution in [0.1, 0.15) is 49.9 Å². The van der Waals surface area contributed by atoms with E-state index in [1.807, 2.05) is 76.2 Å². The molecule has 8 bridgehead atoms. The summed E-state index contributed by atoms with van der Waals surface area (Å²) >= 11 is 4.92. The number of fused-ring (bicyclic) bond motifs is 8. The zero-order valence-corrected chi connectivity index (χ0v) is 30.6. The van der Waals surface area contributed by atoms with E-state index in [0.717, 1.165) is 22.3 Å². The van der Waals surface area contributed by atoms with Crippen LogP contribution in [0.15, 0.2) is 87.7 Å². The van der Waals surface area contributed by atoms with Crippen LogP contribution in [0.3, 0.4) is 0 Å². The van der Waals surface area contributed by atoms with Gasteiger partial charge in [0, 0.05) is 26.4 Å². The molecule has 8 nitrogen and oxygen atoms in total. The first-order chi connectivity index (χ1) is 23.2. The molecule has 1 aliphatic rings. The molecular formula is C36H40O8S4. The summed E-state index contributed by atoms with van der Waals surface area (Å²) in [6.07, 6.45) is 0. The van der Waals surface area contributed by atoms with E-state index in [1.54, 1.807) is 0 Å². The summed E-state index contributed by atoms with van der Waals surface area (Å²) in [6, 6.07) is 14.8. The van der Waals surface area contributed by atoms with Crippen LogP contribution in [0.2, 0.25) is 0 Å². The lowest BCUT2D eigenvalue weighted by Gasteiger charge is -2.19. The molecule has 0 radical (unpaired) electrons. The molecule has 4 aromatic rings. The van der Waals surface area contributed by atoms with E-state index in [9.17, 15) is 20.4 Å². The van der Waals surface area contributed by atoms with Gasteiger partial charge in [-0.3, -0.25) is 0 Å². The monoisotopic (exact) mass is 728 g/mol. The number of phenolic OH excluding ortho intramolecular Hbond substituents is 4. The van der Waals surface area contributed by atoms with E-state index >= 15 is 0 Å². The Kier molecular flexibility index (Phi) is 13.2. The Morgan fingerprint density at radius 3 is 0.667 bits per heavy atom. The van der Waals surface area contributed by atoms with Crippen LogP contribution in [0, 0.1) is 0 Å². The van der Waals surface area contributed by atoms with Gasteiger partial charge in [-0.2, -0.15) is 0 Å². The molecule has 12 heteroatoms. The van der Waals surface area contributed by atoms with Gasteiger partial charge in [-0.05, 0) is 98.5 Å². The van der Waals surface area contributed by atoms with Gasteiger partial charge in [0.1, 0.15) is 23.0 Å². The number of benzene rings is 4. The molecule has 0 unspecified atom stereocenters. The zero-order chi connectivity index (χ0) is 34.2. The van der Waals surface area contributed by atoms with Gasteiger partial charge < -0.3 is 39.4 Å². The summed E-state index contributed by atoms with van der Waals surface area (Å²) in [5.41, 5.74) is 3.34. The van der Waals surface area contributed by atoms with Crippen molar-refractivity contribution in [3.63, 3.8) is 0 Å². The number of hydrogen-bond acceptors (Lipinski definition) is 12. The van der Waals surface area contributed by atoms with E-state index in [2.05, 4.69) is 0 Å². The lowest BCUT2D eigenvalue weighted by molar-refractivity contribution is 0.133. The molecule has 256 valence electrons. The van der Waals surface area contributed by atoms with Crippen LogP contribution in [0.5, 0.6) is 23.0 Å². The van der Waals surface area contributed by atoms with Crippen LogP contribution < -0.4 is 0 Å². The minimum atomic E-state index is 0.0217. The average molecular weight is 729 g/mol. The lowest BCUT2D eigenvalue weighted by Crippen LogP contribution is -1.97. The molecule has 0 amide bonds. The molecule has 1 heterocycles. The van der Waals surface area contributed by atoms with Crippen LogP contribution >= 0.6 is 47.0 Å². The molecule has 0 saturated heterocycles. The van der Waals surface area contributed by atoms with Crippen molar-refractivity contribution in [1.82, 2.24) is 0 Å². The maximum atomic E-state index is 11.7. The highest BCUT2D eigenvalue weighted by molar-refractivity contribution is 8.01. The molecular weight excluding hydrogens is 689 g/mol. The van der Waals surface area contributed by atoms with Crippen molar-refractivity contribution in [3.05, 3.63) is 70.8 Å². The number of aromatic hydroxyl groups is 4. The molecule has 0 fully saturated rings. The summed E-state index contributed by atoms with van der Waals surface area (Å²) < 4.78 is 22.9. The van der Waals surface area contributed by atoms with E-state index in [0.29, 0.717) is 92.0 Å². The largest absolute Gasteiger partial charge is 0.506 e. The van der Waals surface area contributed by atoms with E-state index < -0.39 is 0 Å². The van der Waals surface area contributed by atoms with Crippen molar-refractivity contribution >= 4 is 47.0 Å². The van der Waals surface area contributed by atoms with Gasteiger partial charge in [-0.1, -0.05) is 47.0 Å². The van der Waals surface area contributed by atoms with E-state index in [1.165, 1.54) is 47.0 Å². The van der Waals surface area contributed by atoms with Gasteiger partial charge in [0.15, 0.2) is 0 Å². The van der Waals surface area contributed by atoms with Crippen LogP contribution in [-0.4, -0.2) is 46.9 Å². The van der Waals surface area contributed by atoms with Crippen molar-refractivity contribution in [2.45, 2.75) is 93.3 Å². The van der Waals surface area contributed by atoms with Gasteiger partial charge in [0.25, 0.3) is 0 Å². The Morgan fingerprint density at radius 1 is 0.354 bits per heavy atom. The molecule has 0 aliphatic carbocycles. The maximum Gasteiger partial charge on any atom is 0.143 e. The van der Waals surface area contributed by atoms with Crippen LogP contribution in [0.4, 0.5) is 0 Å². The Hall–Kier alpha value is -2.68. The smallest absolute Gasteiger partial charge is 0.143 e. The summed E-state index contributed by atoms with van der Waals surface area (Å²) in [6.45, 7) is 11.1. The second-order valence-electron chi connectivity index (χ2n) is 10.7. The molecule has 5 rings (SSSR count). The SMILES string of the molecule is CCOCc1cc2c(O)c(c1)Sc1cc(COCC)cc(c1O)Sc1cc(COCC)cc(c1O)Sc1cc(COCC)cc(c1O)S2. The van der Waals surface area contributed by atoms with Gasteiger partial charge in [0.2, 0.25) is 0 Å². The molecule has 1 aliphatic heterocycles. The summed E-state index contributed by atoms with van der Waals surface area (Å²) in [7, 11) is 0. The Morgan fingerprint density at radius 2 is 0.521 bits per heavy atom. The Labute approximate surface area is 298 Å². The van der Waals surface area contributed by atoms with Crippen LogP contribution in [-0.2, 0) is 45.4 Å². The predicted octanol–water partition coefficient (Wildman–Crippen LogP) is 9.57. The molecule has 0 atom stereocenters. The quantitative estimate of drug-likeness (QED) is 0.0980. The van der Waals surface area contributed by atoms with E-state index in [4.69, 9.17) is 18.9 Å². The number of phenols is 4. The van der Waals surface area contributed by atoms with Crippen molar-refractivity contribution < 1.29 is 39.4 Å². The minimum absolute atomic E-state index is 0.0217. The fourth-order valence-electron chi connectivity index (χ4n) is 4.86. The number of hydrogen-bond donors (Lipinski definition) is 4. The molecule has 4 N–H and O–H groups in total. The van der Waals surface area contributed by atoms with Gasteiger partial charge >= 0.3 is 0 Å². The van der Waals surface area contributed by atoms with Gasteiger partial charge in [0.05, 0.1) is 65.6 Å². The molecule has 0 spiro atoms. The molecule has 0 aromatic heterocycles. The van der Waals surface area contributed by atoms with Gasteiger partial charge in [-0.25, -0.2) is 0 Å². The Balaban J connectivity index is 1.76. The third kappa shape index (κ3) is 8.91. The topological polar surface area (TPSA) is 118 Å². The predicted molar refractivity (Wildman–Crippen MR) is 190 cm³/mol. The normalized spacial score (nSPS) is 12.8. The van der Waals surface area contributed by atoms with E-state index in [-0.39, 0.29) is 23.0 Å².